The molecule has 0 saturated heterocycles. The molecule has 0 aromatic rings. The monoisotopic (exact) mass is 584 g/mol. The van der Waals surface area contributed by atoms with E-state index in [9.17, 15) is 30.7 Å². The van der Waals surface area contributed by atoms with E-state index in [4.69, 9.17) is 0 Å². The summed E-state index contributed by atoms with van der Waals surface area (Å²) in [5.41, 5.74) is 0. The van der Waals surface area contributed by atoms with Crippen molar-refractivity contribution in [3.63, 3.8) is 0 Å². The third-order valence-corrected chi connectivity index (χ3v) is 9.70. The molecular weight excluding hydrogens is 546 g/mol. The summed E-state index contributed by atoms with van der Waals surface area (Å²) >= 11 is 0. The molecule has 2 nitrogen and oxygen atoms in total. The van der Waals surface area contributed by atoms with E-state index in [1.807, 2.05) is 0 Å². The minimum absolute atomic E-state index is 0.218. The molecule has 7 unspecified atom stereocenters. The number of hydrogen-bond acceptors (Lipinski definition) is 2. The van der Waals surface area contributed by atoms with Crippen molar-refractivity contribution in [2.45, 2.75) is 133 Å². The summed E-state index contributed by atoms with van der Waals surface area (Å²) in [6, 6.07) is 0. The first-order chi connectivity index (χ1) is 18.1. The first kappa shape index (κ1) is 31.2. The summed E-state index contributed by atoms with van der Waals surface area (Å²) in [5, 5.41) is 0. The largest absolute Gasteiger partial charge is 0.522 e. The molecule has 0 aromatic carbocycles. The fourth-order valence-electron chi connectivity index (χ4n) is 7.64. The Bertz CT molecular complexity index is 765. The molecular formula is C27H38F10O2. The van der Waals surface area contributed by atoms with Crippen LogP contribution in [0.2, 0.25) is 0 Å². The Morgan fingerprint density at radius 2 is 1.05 bits per heavy atom. The molecule has 12 heteroatoms. The van der Waals surface area contributed by atoms with Gasteiger partial charge in [-0.05, 0) is 74.5 Å². The third-order valence-electron chi connectivity index (χ3n) is 9.70. The highest BCUT2D eigenvalue weighted by Crippen LogP contribution is 2.51. The van der Waals surface area contributed by atoms with E-state index in [1.54, 1.807) is 0 Å². The van der Waals surface area contributed by atoms with Crippen LogP contribution in [0.1, 0.15) is 77.6 Å². The van der Waals surface area contributed by atoms with Crippen molar-refractivity contribution in [3.8, 4) is 0 Å². The average molecular weight is 585 g/mol. The summed E-state index contributed by atoms with van der Waals surface area (Å²) in [6.07, 6.45) is -22.7. The first-order valence-electron chi connectivity index (χ1n) is 14.1. The van der Waals surface area contributed by atoms with Crippen LogP contribution in [-0.4, -0.2) is 55.5 Å². The zero-order valence-corrected chi connectivity index (χ0v) is 21.9. The van der Waals surface area contributed by atoms with Crippen LogP contribution in [0.15, 0.2) is 0 Å². The summed E-state index contributed by atoms with van der Waals surface area (Å²) in [4.78, 5) is 0. The van der Waals surface area contributed by atoms with Crippen molar-refractivity contribution in [2.24, 2.45) is 35.5 Å². The Morgan fingerprint density at radius 1 is 0.538 bits per heavy atom. The molecule has 0 aromatic heterocycles. The number of halogens is 10. The number of rotatable bonds is 6. The molecule has 4 saturated carbocycles. The van der Waals surface area contributed by atoms with Gasteiger partial charge in [0.05, 0.1) is 6.10 Å². The average Bonchev–Trinajstić information content (AvgIpc) is 2.80. The molecule has 4 aliphatic rings. The van der Waals surface area contributed by atoms with E-state index < -0.39 is 99.0 Å². The zero-order chi connectivity index (χ0) is 28.7. The summed E-state index contributed by atoms with van der Waals surface area (Å²) in [6.45, 7) is 2.20. The fraction of sp³-hybridized carbons (Fsp3) is 1.00. The van der Waals surface area contributed by atoms with E-state index in [-0.39, 0.29) is 5.92 Å². The van der Waals surface area contributed by atoms with Gasteiger partial charge in [0.2, 0.25) is 0 Å². The molecule has 0 N–H and O–H groups in total. The molecule has 4 fully saturated rings. The number of hydrogen-bond donors (Lipinski definition) is 0. The van der Waals surface area contributed by atoms with Crippen molar-refractivity contribution >= 4 is 0 Å². The van der Waals surface area contributed by atoms with Gasteiger partial charge in [0, 0.05) is 12.8 Å². The molecule has 39 heavy (non-hydrogen) atoms. The van der Waals surface area contributed by atoms with Gasteiger partial charge in [0.1, 0.15) is 42.9 Å². The van der Waals surface area contributed by atoms with Crippen LogP contribution >= 0.6 is 0 Å². The maximum atomic E-state index is 15.2. The zero-order valence-electron chi connectivity index (χ0n) is 21.9. The maximum Gasteiger partial charge on any atom is 0.522 e. The number of ether oxygens (including phenoxy) is 2. The highest BCUT2D eigenvalue weighted by Gasteiger charge is 2.58. The van der Waals surface area contributed by atoms with Crippen LogP contribution in [0.5, 0.6) is 0 Å². The van der Waals surface area contributed by atoms with Gasteiger partial charge in [-0.1, -0.05) is 19.8 Å². The lowest BCUT2D eigenvalue weighted by Crippen LogP contribution is -2.53. The molecule has 7 atom stereocenters. The molecule has 0 spiro atoms. The Labute approximate surface area is 222 Å². The van der Waals surface area contributed by atoms with Crippen molar-refractivity contribution < 1.29 is 53.4 Å². The van der Waals surface area contributed by atoms with Gasteiger partial charge in [-0.25, -0.2) is 22.0 Å². The van der Waals surface area contributed by atoms with Gasteiger partial charge in [0.25, 0.3) is 0 Å². The van der Waals surface area contributed by atoms with Crippen molar-refractivity contribution in [2.75, 3.05) is 0 Å². The van der Waals surface area contributed by atoms with Crippen LogP contribution in [0.3, 0.4) is 0 Å². The highest BCUT2D eigenvalue weighted by molar-refractivity contribution is 4.97. The summed E-state index contributed by atoms with van der Waals surface area (Å²) in [7, 11) is 0. The van der Waals surface area contributed by atoms with Crippen molar-refractivity contribution in [1.29, 1.82) is 0 Å². The van der Waals surface area contributed by atoms with Crippen LogP contribution in [0.25, 0.3) is 0 Å². The Balaban J connectivity index is 1.31. The normalized spacial score (nSPS) is 46.7. The highest BCUT2D eigenvalue weighted by atomic mass is 19.4. The molecule has 0 radical (unpaired) electrons. The summed E-state index contributed by atoms with van der Waals surface area (Å²) < 4.78 is 148. The molecule has 228 valence electrons. The van der Waals surface area contributed by atoms with E-state index in [0.29, 0.717) is 24.7 Å². The third kappa shape index (κ3) is 7.55. The lowest BCUT2D eigenvalue weighted by Gasteiger charge is -2.45. The van der Waals surface area contributed by atoms with E-state index >= 15 is 13.2 Å². The Morgan fingerprint density at radius 3 is 1.56 bits per heavy atom. The van der Waals surface area contributed by atoms with E-state index in [2.05, 4.69) is 16.4 Å². The second kappa shape index (κ2) is 12.2. The van der Waals surface area contributed by atoms with Gasteiger partial charge in [-0.2, -0.15) is 8.78 Å². The Kier molecular flexibility index (Phi) is 9.76. The first-order valence-corrected chi connectivity index (χ1v) is 14.1. The van der Waals surface area contributed by atoms with Crippen LogP contribution < -0.4 is 0 Å². The second-order valence-corrected chi connectivity index (χ2v) is 12.4. The van der Waals surface area contributed by atoms with Crippen LogP contribution in [0, 0.1) is 35.5 Å². The van der Waals surface area contributed by atoms with Crippen LogP contribution in [0.4, 0.5) is 43.9 Å². The molecule has 0 bridgehead atoms. The van der Waals surface area contributed by atoms with Crippen molar-refractivity contribution in [1.82, 2.24) is 0 Å². The quantitative estimate of drug-likeness (QED) is 0.291. The topological polar surface area (TPSA) is 18.5 Å². The molecule has 4 rings (SSSR count). The van der Waals surface area contributed by atoms with Gasteiger partial charge < -0.3 is 4.74 Å². The lowest BCUT2D eigenvalue weighted by atomic mass is 9.64. The van der Waals surface area contributed by atoms with Gasteiger partial charge in [-0.3, -0.25) is 4.74 Å². The molecule has 4 aliphatic carbocycles. The fourth-order valence-corrected chi connectivity index (χ4v) is 7.64. The van der Waals surface area contributed by atoms with Gasteiger partial charge >= 0.3 is 12.5 Å². The van der Waals surface area contributed by atoms with Crippen LogP contribution in [-0.2, 0) is 9.47 Å². The predicted molar refractivity (Wildman–Crippen MR) is 123 cm³/mol. The maximum absolute atomic E-state index is 15.2. The standard InChI is InChI=1S/C27H38F10O2/c1-13-2-4-14(5-3-13)15-6-7-18(19(28)8-15)16-9-20(29)24(21(30)10-16)26(33,34)38-17-11-22(31)25(23(32)12-17)39-27(35,36)37/h13-25H,2-12H2,1H3. The molecule has 0 heterocycles. The van der Waals surface area contributed by atoms with E-state index in [0.717, 1.165) is 32.1 Å². The number of alkyl halides is 10. The Hall–Kier alpha value is -0.780. The van der Waals surface area contributed by atoms with Crippen molar-refractivity contribution in [3.05, 3.63) is 0 Å². The second-order valence-electron chi connectivity index (χ2n) is 12.4. The smallest absolute Gasteiger partial charge is 0.317 e. The minimum atomic E-state index is -5.33. The lowest BCUT2D eigenvalue weighted by molar-refractivity contribution is -0.366. The van der Waals surface area contributed by atoms with E-state index in [1.165, 1.54) is 0 Å². The van der Waals surface area contributed by atoms with Gasteiger partial charge in [0.15, 0.2) is 0 Å². The molecule has 0 amide bonds. The summed E-state index contributed by atoms with van der Waals surface area (Å²) in [5.74, 6) is -2.63. The molecule has 0 aliphatic heterocycles. The SMILES string of the molecule is CC1CCC(C2CCC(C3CC(F)C(C(F)(F)OC4CC(F)C(OC(F)(F)F)C(F)C4)C(F)C3)C(F)C2)CC1. The van der Waals surface area contributed by atoms with Gasteiger partial charge in [-0.15, -0.1) is 13.2 Å². The predicted octanol–water partition coefficient (Wildman–Crippen LogP) is 8.62. The minimum Gasteiger partial charge on any atom is -0.317 e.